The van der Waals surface area contributed by atoms with Gasteiger partial charge in [0.25, 0.3) is 5.56 Å². The van der Waals surface area contributed by atoms with Crippen molar-refractivity contribution >= 4 is 11.7 Å². The third kappa shape index (κ3) is 3.68. The molecule has 0 unspecified atom stereocenters. The highest BCUT2D eigenvalue weighted by Crippen LogP contribution is 2.21. The summed E-state index contributed by atoms with van der Waals surface area (Å²) in [6.07, 6.45) is 5.03. The zero-order valence-corrected chi connectivity index (χ0v) is 15.0. The van der Waals surface area contributed by atoms with Gasteiger partial charge in [0.2, 0.25) is 5.91 Å². The van der Waals surface area contributed by atoms with Crippen LogP contribution >= 0.6 is 0 Å². The lowest BCUT2D eigenvalue weighted by atomic mass is 9.97. The SMILES string of the molecule is Cn1c(N2CCC[C@H](C(=O)NCc3cccnc3)C2)cc(=O)n(C)c1=O. The second-order valence-electron chi connectivity index (χ2n) is 6.61. The Morgan fingerprint density at radius 2 is 2.12 bits per heavy atom. The van der Waals surface area contributed by atoms with Gasteiger partial charge < -0.3 is 10.2 Å². The molecule has 8 heteroatoms. The van der Waals surface area contributed by atoms with Crippen molar-refractivity contribution in [2.45, 2.75) is 19.4 Å². The Morgan fingerprint density at radius 1 is 1.31 bits per heavy atom. The van der Waals surface area contributed by atoms with Gasteiger partial charge in [0.05, 0.1) is 5.92 Å². The second kappa shape index (κ2) is 7.55. The number of rotatable bonds is 4. The lowest BCUT2D eigenvalue weighted by Crippen LogP contribution is -2.46. The predicted molar refractivity (Wildman–Crippen MR) is 97.9 cm³/mol. The fraction of sp³-hybridized carbons (Fsp3) is 0.444. The van der Waals surface area contributed by atoms with Gasteiger partial charge in [0, 0.05) is 52.2 Å². The van der Waals surface area contributed by atoms with Crippen LogP contribution < -0.4 is 21.5 Å². The van der Waals surface area contributed by atoms with E-state index in [-0.39, 0.29) is 23.1 Å². The summed E-state index contributed by atoms with van der Waals surface area (Å²) >= 11 is 0. The van der Waals surface area contributed by atoms with Gasteiger partial charge in [0.1, 0.15) is 5.82 Å². The van der Waals surface area contributed by atoms with Crippen molar-refractivity contribution in [1.82, 2.24) is 19.4 Å². The molecule has 0 aromatic carbocycles. The van der Waals surface area contributed by atoms with Gasteiger partial charge in [-0.3, -0.25) is 23.7 Å². The number of nitrogens with zero attached hydrogens (tertiary/aromatic N) is 4. The van der Waals surface area contributed by atoms with Crippen LogP contribution in [0.4, 0.5) is 5.82 Å². The van der Waals surface area contributed by atoms with Crippen LogP contribution in [0.2, 0.25) is 0 Å². The number of carbonyl (C=O) groups excluding carboxylic acids is 1. The Bertz CT molecular complexity index is 903. The van der Waals surface area contributed by atoms with Crippen molar-refractivity contribution in [2.75, 3.05) is 18.0 Å². The molecule has 8 nitrogen and oxygen atoms in total. The first-order valence-electron chi connectivity index (χ1n) is 8.66. The van der Waals surface area contributed by atoms with Crippen molar-refractivity contribution in [3.63, 3.8) is 0 Å². The Labute approximate surface area is 151 Å². The van der Waals surface area contributed by atoms with Crippen LogP contribution in [0.25, 0.3) is 0 Å². The highest BCUT2D eigenvalue weighted by Gasteiger charge is 2.27. The summed E-state index contributed by atoms with van der Waals surface area (Å²) in [5.74, 6) is 0.356. The van der Waals surface area contributed by atoms with Crippen LogP contribution in [0, 0.1) is 5.92 Å². The van der Waals surface area contributed by atoms with Crippen molar-refractivity contribution in [3.8, 4) is 0 Å². The third-order valence-corrected chi connectivity index (χ3v) is 4.81. The van der Waals surface area contributed by atoms with Crippen LogP contribution in [-0.4, -0.2) is 33.1 Å². The molecule has 3 rings (SSSR count). The Balaban J connectivity index is 1.70. The summed E-state index contributed by atoms with van der Waals surface area (Å²) in [6, 6.07) is 5.20. The maximum atomic E-state index is 12.5. The van der Waals surface area contributed by atoms with E-state index in [0.717, 1.165) is 23.0 Å². The molecule has 0 spiro atoms. The minimum Gasteiger partial charge on any atom is -0.357 e. The average molecular weight is 357 g/mol. The molecule has 1 aliphatic rings. The number of hydrogen-bond acceptors (Lipinski definition) is 5. The molecule has 0 bridgehead atoms. The Hall–Kier alpha value is -2.90. The molecule has 1 N–H and O–H groups in total. The molecular formula is C18H23N5O3. The molecule has 1 atom stereocenters. The monoisotopic (exact) mass is 357 g/mol. The van der Waals surface area contributed by atoms with Gasteiger partial charge in [-0.1, -0.05) is 6.07 Å². The first kappa shape index (κ1) is 17.9. The number of amides is 1. The van der Waals surface area contributed by atoms with Crippen molar-refractivity contribution in [3.05, 3.63) is 57.0 Å². The topological polar surface area (TPSA) is 89.2 Å². The smallest absolute Gasteiger partial charge is 0.332 e. The summed E-state index contributed by atoms with van der Waals surface area (Å²) in [6.45, 7) is 1.64. The van der Waals surface area contributed by atoms with E-state index >= 15 is 0 Å². The van der Waals surface area contributed by atoms with Crippen molar-refractivity contribution in [1.29, 1.82) is 0 Å². The predicted octanol–water partition coefficient (Wildman–Crippen LogP) is 0.0118. The minimum absolute atomic E-state index is 0.0209. The van der Waals surface area contributed by atoms with Crippen molar-refractivity contribution < 1.29 is 4.79 Å². The van der Waals surface area contributed by atoms with Crippen molar-refractivity contribution in [2.24, 2.45) is 20.0 Å². The normalized spacial score (nSPS) is 17.2. The number of carbonyl (C=O) groups is 1. The Kier molecular flexibility index (Phi) is 5.20. The molecule has 0 radical (unpaired) electrons. The lowest BCUT2D eigenvalue weighted by molar-refractivity contribution is -0.125. The van der Waals surface area contributed by atoms with E-state index in [1.54, 1.807) is 19.4 Å². The Morgan fingerprint density at radius 3 is 2.85 bits per heavy atom. The zero-order valence-electron chi connectivity index (χ0n) is 15.0. The molecule has 3 heterocycles. The highest BCUT2D eigenvalue weighted by molar-refractivity contribution is 5.79. The lowest BCUT2D eigenvalue weighted by Gasteiger charge is -2.34. The molecule has 1 aliphatic heterocycles. The standard InChI is InChI=1S/C18H23N5O3/c1-21-15(9-16(24)22(2)18(21)26)23-8-4-6-14(12-23)17(25)20-11-13-5-3-7-19-10-13/h3,5,7,9-10,14H,4,6,8,11-12H2,1-2H3,(H,20,25)/t14-/m0/s1. The highest BCUT2D eigenvalue weighted by atomic mass is 16.2. The van der Waals surface area contributed by atoms with Crippen LogP contribution in [0.1, 0.15) is 18.4 Å². The van der Waals surface area contributed by atoms with Crippen LogP contribution in [0.15, 0.2) is 40.2 Å². The van der Waals surface area contributed by atoms with Crippen LogP contribution in [0.3, 0.4) is 0 Å². The number of hydrogen-bond donors (Lipinski definition) is 1. The average Bonchev–Trinajstić information content (AvgIpc) is 2.68. The zero-order chi connectivity index (χ0) is 18.7. The van der Waals surface area contributed by atoms with Gasteiger partial charge in [0.15, 0.2) is 0 Å². The summed E-state index contributed by atoms with van der Waals surface area (Å²) in [5, 5.41) is 2.95. The molecule has 138 valence electrons. The second-order valence-corrected chi connectivity index (χ2v) is 6.61. The fourth-order valence-electron chi connectivity index (χ4n) is 3.26. The first-order chi connectivity index (χ1) is 12.5. The number of anilines is 1. The summed E-state index contributed by atoms with van der Waals surface area (Å²) in [4.78, 5) is 42.6. The van der Waals surface area contributed by atoms with Gasteiger partial charge in [-0.25, -0.2) is 4.79 Å². The maximum Gasteiger partial charge on any atom is 0.332 e. The van der Waals surface area contributed by atoms with Gasteiger partial charge in [-0.05, 0) is 24.5 Å². The van der Waals surface area contributed by atoms with Gasteiger partial charge in [-0.15, -0.1) is 0 Å². The van der Waals surface area contributed by atoms with Gasteiger partial charge in [-0.2, -0.15) is 0 Å². The number of piperidine rings is 1. The summed E-state index contributed by atoms with van der Waals surface area (Å²) in [7, 11) is 3.10. The van der Waals surface area contributed by atoms with E-state index in [0.29, 0.717) is 25.5 Å². The quantitative estimate of drug-likeness (QED) is 0.833. The van der Waals surface area contributed by atoms with E-state index in [2.05, 4.69) is 10.3 Å². The van der Waals surface area contributed by atoms with E-state index in [1.807, 2.05) is 17.0 Å². The van der Waals surface area contributed by atoms with Crippen LogP contribution in [0.5, 0.6) is 0 Å². The first-order valence-corrected chi connectivity index (χ1v) is 8.66. The molecule has 26 heavy (non-hydrogen) atoms. The molecule has 2 aromatic rings. The summed E-state index contributed by atoms with van der Waals surface area (Å²) < 4.78 is 2.53. The van der Waals surface area contributed by atoms with E-state index in [9.17, 15) is 14.4 Å². The molecule has 0 aliphatic carbocycles. The molecule has 0 saturated carbocycles. The molecule has 2 aromatic heterocycles. The summed E-state index contributed by atoms with van der Waals surface area (Å²) in [5.41, 5.74) is 0.240. The number of pyridine rings is 1. The minimum atomic E-state index is -0.365. The molecular weight excluding hydrogens is 334 g/mol. The molecule has 1 saturated heterocycles. The van der Waals surface area contributed by atoms with E-state index < -0.39 is 0 Å². The van der Waals surface area contributed by atoms with E-state index in [4.69, 9.17) is 0 Å². The van der Waals surface area contributed by atoms with Gasteiger partial charge >= 0.3 is 5.69 Å². The van der Waals surface area contributed by atoms with E-state index in [1.165, 1.54) is 17.7 Å². The molecule has 1 fully saturated rings. The number of nitrogens with one attached hydrogen (secondary N) is 1. The maximum absolute atomic E-state index is 12.5. The molecule has 1 amide bonds. The largest absolute Gasteiger partial charge is 0.357 e. The third-order valence-electron chi connectivity index (χ3n) is 4.81. The van der Waals surface area contributed by atoms with Crippen LogP contribution in [-0.2, 0) is 25.4 Å². The fourth-order valence-corrected chi connectivity index (χ4v) is 3.26. The number of aromatic nitrogens is 3.